The Kier molecular flexibility index (Phi) is 3.20. The van der Waals surface area contributed by atoms with Crippen molar-refractivity contribution in [3.8, 4) is 0 Å². The molecule has 0 aromatic carbocycles. The van der Waals surface area contributed by atoms with Crippen LogP contribution < -0.4 is 5.32 Å². The van der Waals surface area contributed by atoms with Gasteiger partial charge in [-0.1, -0.05) is 0 Å². The lowest BCUT2D eigenvalue weighted by molar-refractivity contribution is 0.0792. The first-order valence-electron chi connectivity index (χ1n) is 7.09. The molecule has 1 aliphatic heterocycles. The molecule has 1 N–H and O–H groups in total. The summed E-state index contributed by atoms with van der Waals surface area (Å²) >= 11 is 0. The van der Waals surface area contributed by atoms with E-state index in [0.29, 0.717) is 18.2 Å². The van der Waals surface area contributed by atoms with E-state index in [2.05, 4.69) is 18.3 Å². The van der Waals surface area contributed by atoms with E-state index in [-0.39, 0.29) is 0 Å². The van der Waals surface area contributed by atoms with E-state index in [1.165, 1.54) is 18.4 Å². The van der Waals surface area contributed by atoms with Crippen LogP contribution >= 0.6 is 0 Å². The van der Waals surface area contributed by atoms with Crippen LogP contribution in [0.3, 0.4) is 0 Å². The first-order chi connectivity index (χ1) is 8.65. The Morgan fingerprint density at radius 3 is 2.67 bits per heavy atom. The maximum atomic E-state index is 5.88. The molecule has 1 aromatic rings. The van der Waals surface area contributed by atoms with Crippen LogP contribution in [0.25, 0.3) is 0 Å². The van der Waals surface area contributed by atoms with E-state index in [1.807, 2.05) is 13.8 Å². The summed E-state index contributed by atoms with van der Waals surface area (Å²) in [6, 6.07) is 3.01. The number of furan rings is 1. The number of hydrogen-bond donors (Lipinski definition) is 1. The molecule has 1 saturated carbocycles. The second-order valence-corrected chi connectivity index (χ2v) is 5.82. The van der Waals surface area contributed by atoms with Crippen molar-refractivity contribution < 1.29 is 9.15 Å². The molecule has 2 fully saturated rings. The van der Waals surface area contributed by atoms with Gasteiger partial charge in [0.15, 0.2) is 0 Å². The molecule has 3 heteroatoms. The number of aryl methyl sites for hydroxylation is 2. The molecule has 1 aromatic heterocycles. The van der Waals surface area contributed by atoms with Gasteiger partial charge in [0.1, 0.15) is 11.5 Å². The van der Waals surface area contributed by atoms with Gasteiger partial charge in [0.25, 0.3) is 0 Å². The predicted octanol–water partition coefficient (Wildman–Crippen LogP) is 3.11. The maximum Gasteiger partial charge on any atom is 0.105 e. The number of nitrogens with one attached hydrogen (secondary N) is 1. The third kappa shape index (κ3) is 2.34. The van der Waals surface area contributed by atoms with Gasteiger partial charge in [-0.2, -0.15) is 0 Å². The molecule has 1 aliphatic carbocycles. The summed E-state index contributed by atoms with van der Waals surface area (Å²) in [7, 11) is 0. The van der Waals surface area contributed by atoms with Crippen molar-refractivity contribution in [1.29, 1.82) is 0 Å². The largest absolute Gasteiger partial charge is 0.466 e. The molecular formula is C15H23NO2. The SMILES string of the molecule is Cc1cc(C(C)NC2CCOC2C2CC2)c(C)o1. The first kappa shape index (κ1) is 12.2. The van der Waals surface area contributed by atoms with Gasteiger partial charge in [0, 0.05) is 24.3 Å². The van der Waals surface area contributed by atoms with Crippen molar-refractivity contribution in [2.24, 2.45) is 5.92 Å². The van der Waals surface area contributed by atoms with Gasteiger partial charge >= 0.3 is 0 Å². The molecule has 1 saturated heterocycles. The fraction of sp³-hybridized carbons (Fsp3) is 0.733. The van der Waals surface area contributed by atoms with Crippen LogP contribution in [0.1, 0.15) is 49.3 Å². The highest BCUT2D eigenvalue weighted by molar-refractivity contribution is 5.23. The van der Waals surface area contributed by atoms with Gasteiger partial charge in [-0.3, -0.25) is 0 Å². The zero-order valence-corrected chi connectivity index (χ0v) is 11.5. The van der Waals surface area contributed by atoms with Gasteiger partial charge < -0.3 is 14.5 Å². The molecule has 2 aliphatic rings. The summed E-state index contributed by atoms with van der Waals surface area (Å²) in [5.41, 5.74) is 1.29. The molecule has 18 heavy (non-hydrogen) atoms. The summed E-state index contributed by atoms with van der Waals surface area (Å²) < 4.78 is 11.5. The van der Waals surface area contributed by atoms with Gasteiger partial charge in [-0.25, -0.2) is 0 Å². The zero-order chi connectivity index (χ0) is 12.7. The van der Waals surface area contributed by atoms with E-state index < -0.39 is 0 Å². The summed E-state index contributed by atoms with van der Waals surface area (Å²) in [5, 5.41) is 3.74. The van der Waals surface area contributed by atoms with E-state index in [4.69, 9.17) is 9.15 Å². The Labute approximate surface area is 109 Å². The van der Waals surface area contributed by atoms with Crippen molar-refractivity contribution >= 4 is 0 Å². The Balaban J connectivity index is 1.66. The van der Waals surface area contributed by atoms with Crippen LogP contribution in [-0.4, -0.2) is 18.8 Å². The molecule has 3 unspecified atom stereocenters. The smallest absolute Gasteiger partial charge is 0.105 e. The summed E-state index contributed by atoms with van der Waals surface area (Å²) in [6.07, 6.45) is 4.28. The third-order valence-electron chi connectivity index (χ3n) is 4.23. The lowest BCUT2D eigenvalue weighted by atomic mass is 10.0. The van der Waals surface area contributed by atoms with Crippen molar-refractivity contribution in [2.75, 3.05) is 6.61 Å². The molecule has 0 spiro atoms. The van der Waals surface area contributed by atoms with Gasteiger partial charge in [0.05, 0.1) is 6.10 Å². The van der Waals surface area contributed by atoms with Gasteiger partial charge in [-0.05, 0) is 52.0 Å². The number of ether oxygens (including phenoxy) is 1. The number of rotatable bonds is 4. The minimum absolute atomic E-state index is 0.343. The van der Waals surface area contributed by atoms with Gasteiger partial charge in [0.2, 0.25) is 0 Å². The average molecular weight is 249 g/mol. The monoisotopic (exact) mass is 249 g/mol. The normalized spacial score (nSPS) is 29.7. The van der Waals surface area contributed by atoms with Crippen LogP contribution in [-0.2, 0) is 4.74 Å². The molecule has 0 bridgehead atoms. The minimum Gasteiger partial charge on any atom is -0.466 e. The maximum absolute atomic E-state index is 5.88. The fourth-order valence-electron chi connectivity index (χ4n) is 3.17. The Hall–Kier alpha value is -0.800. The van der Waals surface area contributed by atoms with Crippen LogP contribution in [0.5, 0.6) is 0 Å². The minimum atomic E-state index is 0.343. The highest BCUT2D eigenvalue weighted by Gasteiger charge is 2.41. The Morgan fingerprint density at radius 1 is 1.28 bits per heavy atom. The van der Waals surface area contributed by atoms with Crippen LogP contribution in [0.15, 0.2) is 10.5 Å². The van der Waals surface area contributed by atoms with Crippen LogP contribution in [0.4, 0.5) is 0 Å². The second-order valence-electron chi connectivity index (χ2n) is 5.82. The topological polar surface area (TPSA) is 34.4 Å². The van der Waals surface area contributed by atoms with E-state index in [0.717, 1.165) is 30.5 Å². The van der Waals surface area contributed by atoms with Crippen molar-refractivity contribution in [2.45, 2.75) is 58.2 Å². The summed E-state index contributed by atoms with van der Waals surface area (Å²) in [6.45, 7) is 7.19. The zero-order valence-electron chi connectivity index (χ0n) is 11.5. The molecule has 0 radical (unpaired) electrons. The Morgan fingerprint density at radius 2 is 2.06 bits per heavy atom. The Bertz CT molecular complexity index is 422. The summed E-state index contributed by atoms with van der Waals surface area (Å²) in [5.74, 6) is 2.84. The van der Waals surface area contributed by atoms with Crippen LogP contribution in [0, 0.1) is 19.8 Å². The van der Waals surface area contributed by atoms with E-state index >= 15 is 0 Å². The first-order valence-corrected chi connectivity index (χ1v) is 7.09. The fourth-order valence-corrected chi connectivity index (χ4v) is 3.17. The molecule has 3 nitrogen and oxygen atoms in total. The standard InChI is InChI=1S/C15H23NO2/c1-9-8-13(11(3)18-9)10(2)16-14-6-7-17-15(14)12-4-5-12/h8,10,12,14-16H,4-7H2,1-3H3. The predicted molar refractivity (Wildman–Crippen MR) is 70.6 cm³/mol. The number of hydrogen-bond acceptors (Lipinski definition) is 3. The quantitative estimate of drug-likeness (QED) is 0.890. The van der Waals surface area contributed by atoms with Crippen molar-refractivity contribution in [3.05, 3.63) is 23.2 Å². The van der Waals surface area contributed by atoms with E-state index in [9.17, 15) is 0 Å². The molecule has 2 heterocycles. The van der Waals surface area contributed by atoms with Gasteiger partial charge in [-0.15, -0.1) is 0 Å². The molecule has 0 amide bonds. The molecule has 3 atom stereocenters. The lowest BCUT2D eigenvalue weighted by Gasteiger charge is -2.23. The van der Waals surface area contributed by atoms with Crippen molar-refractivity contribution in [3.63, 3.8) is 0 Å². The molecule has 3 rings (SSSR count). The second kappa shape index (κ2) is 4.71. The van der Waals surface area contributed by atoms with Crippen molar-refractivity contribution in [1.82, 2.24) is 5.32 Å². The third-order valence-corrected chi connectivity index (χ3v) is 4.23. The highest BCUT2D eigenvalue weighted by atomic mass is 16.5. The van der Waals surface area contributed by atoms with E-state index in [1.54, 1.807) is 0 Å². The summed E-state index contributed by atoms with van der Waals surface area (Å²) in [4.78, 5) is 0. The average Bonchev–Trinajstić information content (AvgIpc) is 2.97. The molecular weight excluding hydrogens is 226 g/mol. The molecule has 100 valence electrons. The van der Waals surface area contributed by atoms with Crippen LogP contribution in [0.2, 0.25) is 0 Å². The highest BCUT2D eigenvalue weighted by Crippen LogP contribution is 2.39. The lowest BCUT2D eigenvalue weighted by Crippen LogP contribution is -2.39.